The monoisotopic (exact) mass is 300 g/mol. The zero-order valence-electron chi connectivity index (χ0n) is 11.9. The first-order valence-electron chi connectivity index (χ1n) is 6.45. The van der Waals surface area contributed by atoms with Gasteiger partial charge in [-0.25, -0.2) is 8.42 Å². The molecule has 6 nitrogen and oxygen atoms in total. The molecule has 1 aromatic carbocycles. The molecule has 0 aliphatic rings. The lowest BCUT2D eigenvalue weighted by atomic mass is 10.2. The second-order valence-electron chi connectivity index (χ2n) is 4.04. The molecule has 1 aromatic rings. The molecule has 0 bridgehead atoms. The van der Waals surface area contributed by atoms with Crippen LogP contribution in [0, 0.1) is 0 Å². The van der Waals surface area contributed by atoms with Gasteiger partial charge < -0.3 is 10.5 Å². The topological polar surface area (TPSA) is 89.7 Å². The minimum Gasteiger partial charge on any atom is -0.493 e. The summed E-state index contributed by atoms with van der Waals surface area (Å²) >= 11 is 0. The zero-order valence-corrected chi connectivity index (χ0v) is 12.7. The van der Waals surface area contributed by atoms with Crippen LogP contribution in [0.25, 0.3) is 0 Å². The standard InChI is InChI=1S/C13H20N2O4S/c1-4-15(5-2)20(17,18)10-7-8-12(19-6-3)11(9-10)13(14)16/h7-9H,4-6H2,1-3H3,(H2,14,16). The van der Waals surface area contributed by atoms with Crippen molar-refractivity contribution in [1.82, 2.24) is 4.31 Å². The van der Waals surface area contributed by atoms with Crippen LogP contribution in [0.5, 0.6) is 5.75 Å². The maximum absolute atomic E-state index is 12.4. The van der Waals surface area contributed by atoms with Gasteiger partial charge in [0.1, 0.15) is 5.75 Å². The highest BCUT2D eigenvalue weighted by Gasteiger charge is 2.23. The Hall–Kier alpha value is -1.60. The average Bonchev–Trinajstić information content (AvgIpc) is 2.40. The Labute approximate surface area is 119 Å². The fourth-order valence-electron chi connectivity index (χ4n) is 1.86. The molecule has 7 heteroatoms. The number of hydrogen-bond acceptors (Lipinski definition) is 4. The summed E-state index contributed by atoms with van der Waals surface area (Å²) in [7, 11) is -3.62. The quantitative estimate of drug-likeness (QED) is 0.819. The normalized spacial score (nSPS) is 11.6. The molecule has 0 saturated carbocycles. The second-order valence-corrected chi connectivity index (χ2v) is 5.98. The summed E-state index contributed by atoms with van der Waals surface area (Å²) < 4.78 is 31.3. The van der Waals surface area contributed by atoms with E-state index in [1.807, 2.05) is 0 Å². The predicted octanol–water partition coefficient (Wildman–Crippen LogP) is 1.21. The molecule has 112 valence electrons. The largest absolute Gasteiger partial charge is 0.493 e. The molecule has 0 aliphatic carbocycles. The van der Waals surface area contributed by atoms with E-state index in [-0.39, 0.29) is 10.5 Å². The Morgan fingerprint density at radius 1 is 1.25 bits per heavy atom. The third kappa shape index (κ3) is 3.29. The lowest BCUT2D eigenvalue weighted by Gasteiger charge is -2.19. The zero-order chi connectivity index (χ0) is 15.3. The SMILES string of the molecule is CCOc1ccc(S(=O)(=O)N(CC)CC)cc1C(N)=O. The smallest absolute Gasteiger partial charge is 0.252 e. The van der Waals surface area contributed by atoms with Gasteiger partial charge in [0.25, 0.3) is 5.91 Å². The van der Waals surface area contributed by atoms with Gasteiger partial charge in [0, 0.05) is 13.1 Å². The van der Waals surface area contributed by atoms with Crippen molar-refractivity contribution in [1.29, 1.82) is 0 Å². The molecule has 1 rings (SSSR count). The van der Waals surface area contributed by atoms with Crippen LogP contribution in [-0.2, 0) is 10.0 Å². The van der Waals surface area contributed by atoms with E-state index in [0.717, 1.165) is 0 Å². The summed E-state index contributed by atoms with van der Waals surface area (Å²) in [6.45, 7) is 6.36. The highest BCUT2D eigenvalue weighted by Crippen LogP contribution is 2.24. The number of nitrogens with two attached hydrogens (primary N) is 1. The first-order valence-corrected chi connectivity index (χ1v) is 7.89. The van der Waals surface area contributed by atoms with Gasteiger partial charge >= 0.3 is 0 Å². The summed E-state index contributed by atoms with van der Waals surface area (Å²) in [5.41, 5.74) is 5.34. The first kappa shape index (κ1) is 16.5. The number of carbonyl (C=O) groups is 1. The van der Waals surface area contributed by atoms with Crippen molar-refractivity contribution >= 4 is 15.9 Å². The summed E-state index contributed by atoms with van der Waals surface area (Å²) in [6.07, 6.45) is 0. The number of primary amides is 1. The Bertz CT molecular complexity index is 580. The molecule has 20 heavy (non-hydrogen) atoms. The van der Waals surface area contributed by atoms with E-state index in [2.05, 4.69) is 0 Å². The molecule has 1 amide bonds. The highest BCUT2D eigenvalue weighted by molar-refractivity contribution is 7.89. The van der Waals surface area contributed by atoms with Crippen LogP contribution in [-0.4, -0.2) is 38.3 Å². The molecule has 0 atom stereocenters. The van der Waals surface area contributed by atoms with Crippen molar-refractivity contribution in [2.75, 3.05) is 19.7 Å². The van der Waals surface area contributed by atoms with Gasteiger partial charge in [-0.15, -0.1) is 0 Å². The molecule has 0 fully saturated rings. The lowest BCUT2D eigenvalue weighted by molar-refractivity contribution is 0.0996. The van der Waals surface area contributed by atoms with Gasteiger partial charge in [0.05, 0.1) is 17.1 Å². The van der Waals surface area contributed by atoms with E-state index in [1.54, 1.807) is 20.8 Å². The number of carbonyl (C=O) groups excluding carboxylic acids is 1. The molecule has 2 N–H and O–H groups in total. The maximum atomic E-state index is 12.4. The van der Waals surface area contributed by atoms with E-state index in [0.29, 0.717) is 25.4 Å². The molecule has 0 radical (unpaired) electrons. The number of nitrogens with zero attached hydrogens (tertiary/aromatic N) is 1. The summed E-state index contributed by atoms with van der Waals surface area (Å²) in [4.78, 5) is 11.5. The molecule has 0 unspecified atom stereocenters. The van der Waals surface area contributed by atoms with E-state index < -0.39 is 15.9 Å². The maximum Gasteiger partial charge on any atom is 0.252 e. The summed E-state index contributed by atoms with van der Waals surface area (Å²) in [6, 6.07) is 4.14. The lowest BCUT2D eigenvalue weighted by Crippen LogP contribution is -2.30. The van der Waals surface area contributed by atoms with Gasteiger partial charge in [0.15, 0.2) is 0 Å². The molecule has 0 aliphatic heterocycles. The number of rotatable bonds is 7. The van der Waals surface area contributed by atoms with Crippen molar-refractivity contribution in [2.24, 2.45) is 5.73 Å². The number of sulfonamides is 1. The third-order valence-electron chi connectivity index (χ3n) is 2.86. The molecule has 0 aromatic heterocycles. The van der Waals surface area contributed by atoms with Crippen molar-refractivity contribution in [3.63, 3.8) is 0 Å². The van der Waals surface area contributed by atoms with Gasteiger partial charge in [-0.05, 0) is 25.1 Å². The number of benzene rings is 1. The fraction of sp³-hybridized carbons (Fsp3) is 0.462. The van der Waals surface area contributed by atoms with E-state index >= 15 is 0 Å². The Balaban J connectivity index is 3.34. The van der Waals surface area contributed by atoms with Gasteiger partial charge in [-0.2, -0.15) is 4.31 Å². The molecule has 0 heterocycles. The Kier molecular flexibility index (Phi) is 5.52. The van der Waals surface area contributed by atoms with Crippen LogP contribution in [0.1, 0.15) is 31.1 Å². The molecule has 0 spiro atoms. The van der Waals surface area contributed by atoms with E-state index in [4.69, 9.17) is 10.5 Å². The van der Waals surface area contributed by atoms with Crippen LogP contribution in [0.3, 0.4) is 0 Å². The summed E-state index contributed by atoms with van der Waals surface area (Å²) in [5.74, 6) is -0.427. The predicted molar refractivity (Wildman–Crippen MR) is 76.2 cm³/mol. The van der Waals surface area contributed by atoms with Crippen molar-refractivity contribution in [3.05, 3.63) is 23.8 Å². The van der Waals surface area contributed by atoms with Crippen LogP contribution < -0.4 is 10.5 Å². The third-order valence-corrected chi connectivity index (χ3v) is 4.91. The number of amides is 1. The van der Waals surface area contributed by atoms with Crippen LogP contribution in [0.15, 0.2) is 23.1 Å². The molecular weight excluding hydrogens is 280 g/mol. The fourth-order valence-corrected chi connectivity index (χ4v) is 3.34. The van der Waals surface area contributed by atoms with Crippen LogP contribution in [0.2, 0.25) is 0 Å². The number of hydrogen-bond donors (Lipinski definition) is 1. The van der Waals surface area contributed by atoms with Crippen molar-refractivity contribution < 1.29 is 17.9 Å². The Morgan fingerprint density at radius 2 is 1.85 bits per heavy atom. The Morgan fingerprint density at radius 3 is 2.30 bits per heavy atom. The van der Waals surface area contributed by atoms with E-state index in [1.165, 1.54) is 22.5 Å². The minimum absolute atomic E-state index is 0.0402. The van der Waals surface area contributed by atoms with Gasteiger partial charge in [0.2, 0.25) is 10.0 Å². The summed E-state index contributed by atoms with van der Waals surface area (Å²) in [5, 5.41) is 0. The highest BCUT2D eigenvalue weighted by atomic mass is 32.2. The number of ether oxygens (including phenoxy) is 1. The van der Waals surface area contributed by atoms with Crippen molar-refractivity contribution in [2.45, 2.75) is 25.7 Å². The van der Waals surface area contributed by atoms with Gasteiger partial charge in [-0.3, -0.25) is 4.79 Å². The van der Waals surface area contributed by atoms with Gasteiger partial charge in [-0.1, -0.05) is 13.8 Å². The molecule has 0 saturated heterocycles. The minimum atomic E-state index is -3.62. The van der Waals surface area contributed by atoms with Crippen LogP contribution >= 0.6 is 0 Å². The van der Waals surface area contributed by atoms with Crippen LogP contribution in [0.4, 0.5) is 0 Å². The van der Waals surface area contributed by atoms with E-state index in [9.17, 15) is 13.2 Å². The average molecular weight is 300 g/mol. The second kappa shape index (κ2) is 6.71. The van der Waals surface area contributed by atoms with Crippen molar-refractivity contribution in [3.8, 4) is 5.75 Å². The first-order chi connectivity index (χ1) is 9.38. The molecular formula is C13H20N2O4S.